The molecule has 3 rings (SSSR count). The summed E-state index contributed by atoms with van der Waals surface area (Å²) in [4.78, 5) is 8.58. The molecule has 0 radical (unpaired) electrons. The van der Waals surface area contributed by atoms with Crippen LogP contribution in [0, 0.1) is 5.92 Å². The van der Waals surface area contributed by atoms with E-state index in [9.17, 15) is 0 Å². The summed E-state index contributed by atoms with van der Waals surface area (Å²) in [5.41, 5.74) is 1.25. The summed E-state index contributed by atoms with van der Waals surface area (Å²) < 4.78 is 6.11. The number of nitrogens with zero attached hydrogens (tertiary/aromatic N) is 2. The molecule has 0 bridgehead atoms. The molecular weight excluding hydrogens is 270 g/mol. The molecule has 20 heavy (non-hydrogen) atoms. The monoisotopic (exact) mass is 295 g/mol. The minimum Gasteiger partial charge on any atom is -0.467 e. The minimum atomic E-state index is 0.360. The average Bonchev–Trinajstić information content (AvgIpc) is 2.82. The second kappa shape index (κ2) is 6.41. The van der Waals surface area contributed by atoms with E-state index in [0.717, 1.165) is 56.6 Å². The highest BCUT2D eigenvalue weighted by molar-refractivity contribution is 7.13. The SMILES string of the molecule is CC(C)CN1CCC(Oc2nc3c(s2)CNCC3)CC1. The van der Waals surface area contributed by atoms with Gasteiger partial charge in [-0.1, -0.05) is 25.2 Å². The highest BCUT2D eigenvalue weighted by Crippen LogP contribution is 2.29. The number of fused-ring (bicyclic) bond motifs is 1. The lowest BCUT2D eigenvalue weighted by Gasteiger charge is -2.32. The van der Waals surface area contributed by atoms with E-state index in [1.807, 2.05) is 0 Å². The number of ether oxygens (including phenoxy) is 1. The van der Waals surface area contributed by atoms with Gasteiger partial charge in [0.05, 0.1) is 5.69 Å². The zero-order valence-electron chi connectivity index (χ0n) is 12.5. The molecule has 0 amide bonds. The molecule has 0 atom stereocenters. The molecule has 1 aromatic rings. The van der Waals surface area contributed by atoms with Crippen LogP contribution in [-0.2, 0) is 13.0 Å². The van der Waals surface area contributed by atoms with Gasteiger partial charge in [0.1, 0.15) is 6.10 Å². The van der Waals surface area contributed by atoms with Crippen molar-refractivity contribution in [2.75, 3.05) is 26.2 Å². The second-order valence-electron chi connectivity index (χ2n) is 6.29. The van der Waals surface area contributed by atoms with Crippen LogP contribution >= 0.6 is 11.3 Å². The van der Waals surface area contributed by atoms with Crippen molar-refractivity contribution in [3.63, 3.8) is 0 Å². The fourth-order valence-corrected chi connectivity index (χ4v) is 4.01. The van der Waals surface area contributed by atoms with Crippen molar-refractivity contribution in [3.8, 4) is 5.19 Å². The van der Waals surface area contributed by atoms with Gasteiger partial charge in [-0.3, -0.25) is 0 Å². The lowest BCUT2D eigenvalue weighted by molar-refractivity contribution is 0.0938. The first kappa shape index (κ1) is 14.3. The molecule has 2 aliphatic heterocycles. The Kier molecular flexibility index (Phi) is 4.58. The number of nitrogens with one attached hydrogen (secondary N) is 1. The van der Waals surface area contributed by atoms with Gasteiger partial charge in [-0.05, 0) is 18.8 Å². The van der Waals surface area contributed by atoms with Crippen LogP contribution in [0.25, 0.3) is 0 Å². The Labute approximate surface area is 125 Å². The third-order valence-corrected chi connectivity index (χ3v) is 5.00. The summed E-state index contributed by atoms with van der Waals surface area (Å²) in [5.74, 6) is 0.755. The topological polar surface area (TPSA) is 37.4 Å². The van der Waals surface area contributed by atoms with Gasteiger partial charge in [0.15, 0.2) is 0 Å². The molecule has 1 fully saturated rings. The van der Waals surface area contributed by atoms with E-state index in [1.54, 1.807) is 11.3 Å². The van der Waals surface area contributed by atoms with Crippen LogP contribution in [0.5, 0.6) is 5.19 Å². The molecule has 0 unspecified atom stereocenters. The Bertz CT molecular complexity index is 415. The van der Waals surface area contributed by atoms with Crippen LogP contribution in [0.1, 0.15) is 37.3 Å². The van der Waals surface area contributed by atoms with Gasteiger partial charge in [0.2, 0.25) is 0 Å². The smallest absolute Gasteiger partial charge is 0.273 e. The fourth-order valence-electron chi connectivity index (χ4n) is 3.02. The minimum absolute atomic E-state index is 0.360. The lowest BCUT2D eigenvalue weighted by atomic mass is 10.1. The summed E-state index contributed by atoms with van der Waals surface area (Å²) >= 11 is 1.73. The number of piperidine rings is 1. The number of hydrogen-bond donors (Lipinski definition) is 1. The van der Waals surface area contributed by atoms with Crippen LogP contribution in [0.4, 0.5) is 0 Å². The molecule has 0 spiro atoms. The van der Waals surface area contributed by atoms with Crippen LogP contribution in [0.2, 0.25) is 0 Å². The molecular formula is C15H25N3OS. The van der Waals surface area contributed by atoms with Gasteiger partial charge in [0, 0.05) is 44.0 Å². The highest BCUT2D eigenvalue weighted by Gasteiger charge is 2.23. The van der Waals surface area contributed by atoms with E-state index in [2.05, 4.69) is 29.0 Å². The van der Waals surface area contributed by atoms with Crippen molar-refractivity contribution >= 4 is 11.3 Å². The number of thiazole rings is 1. The van der Waals surface area contributed by atoms with Crippen LogP contribution in [-0.4, -0.2) is 42.2 Å². The second-order valence-corrected chi connectivity index (χ2v) is 7.33. The largest absolute Gasteiger partial charge is 0.467 e. The molecule has 1 saturated heterocycles. The van der Waals surface area contributed by atoms with Gasteiger partial charge in [-0.2, -0.15) is 0 Å². The van der Waals surface area contributed by atoms with Crippen molar-refractivity contribution in [2.24, 2.45) is 5.92 Å². The number of aromatic nitrogens is 1. The van der Waals surface area contributed by atoms with Gasteiger partial charge < -0.3 is 15.0 Å². The first-order valence-corrected chi connectivity index (χ1v) is 8.60. The van der Waals surface area contributed by atoms with Crippen molar-refractivity contribution in [1.29, 1.82) is 0 Å². The zero-order valence-corrected chi connectivity index (χ0v) is 13.3. The Morgan fingerprint density at radius 1 is 1.40 bits per heavy atom. The maximum Gasteiger partial charge on any atom is 0.273 e. The molecule has 3 heterocycles. The first-order valence-electron chi connectivity index (χ1n) is 7.79. The first-order chi connectivity index (χ1) is 9.70. The number of hydrogen-bond acceptors (Lipinski definition) is 5. The normalized spacial score (nSPS) is 21.1. The Hall–Kier alpha value is -0.650. The van der Waals surface area contributed by atoms with Crippen molar-refractivity contribution in [1.82, 2.24) is 15.2 Å². The molecule has 4 nitrogen and oxygen atoms in total. The van der Waals surface area contributed by atoms with Gasteiger partial charge >= 0.3 is 0 Å². The predicted octanol–water partition coefficient (Wildman–Crippen LogP) is 2.29. The van der Waals surface area contributed by atoms with Crippen LogP contribution in [0.15, 0.2) is 0 Å². The van der Waals surface area contributed by atoms with Crippen molar-refractivity contribution in [2.45, 2.75) is 45.8 Å². The summed E-state index contributed by atoms with van der Waals surface area (Å²) in [6, 6.07) is 0. The molecule has 2 aliphatic rings. The predicted molar refractivity (Wildman–Crippen MR) is 82.5 cm³/mol. The fraction of sp³-hybridized carbons (Fsp3) is 0.800. The maximum absolute atomic E-state index is 6.11. The van der Waals surface area contributed by atoms with Gasteiger partial charge in [0.25, 0.3) is 5.19 Å². The van der Waals surface area contributed by atoms with Crippen LogP contribution < -0.4 is 10.1 Å². The molecule has 112 valence electrons. The average molecular weight is 295 g/mol. The van der Waals surface area contributed by atoms with Crippen LogP contribution in [0.3, 0.4) is 0 Å². The summed E-state index contributed by atoms with van der Waals surface area (Å²) in [6.07, 6.45) is 3.67. The lowest BCUT2D eigenvalue weighted by Crippen LogP contribution is -2.39. The van der Waals surface area contributed by atoms with E-state index in [4.69, 9.17) is 4.74 Å². The summed E-state index contributed by atoms with van der Waals surface area (Å²) in [7, 11) is 0. The molecule has 0 saturated carbocycles. The Balaban J connectivity index is 1.51. The van der Waals surface area contributed by atoms with E-state index in [0.29, 0.717) is 6.10 Å². The molecule has 1 N–H and O–H groups in total. The Morgan fingerprint density at radius 2 is 2.20 bits per heavy atom. The molecule has 0 aromatic carbocycles. The Morgan fingerprint density at radius 3 is 2.90 bits per heavy atom. The highest BCUT2D eigenvalue weighted by atomic mass is 32.1. The summed E-state index contributed by atoms with van der Waals surface area (Å²) in [5, 5.41) is 4.28. The van der Waals surface area contributed by atoms with E-state index in [1.165, 1.54) is 17.1 Å². The maximum atomic E-state index is 6.11. The quantitative estimate of drug-likeness (QED) is 0.925. The van der Waals surface area contributed by atoms with E-state index in [-0.39, 0.29) is 0 Å². The molecule has 1 aromatic heterocycles. The third-order valence-electron chi connectivity index (χ3n) is 4.01. The summed E-state index contributed by atoms with van der Waals surface area (Å²) in [6.45, 7) is 10.1. The van der Waals surface area contributed by atoms with Crippen molar-refractivity contribution in [3.05, 3.63) is 10.6 Å². The van der Waals surface area contributed by atoms with Crippen molar-refractivity contribution < 1.29 is 4.74 Å². The van der Waals surface area contributed by atoms with E-state index >= 15 is 0 Å². The third kappa shape index (κ3) is 3.51. The number of likely N-dealkylation sites (tertiary alicyclic amines) is 1. The molecule has 0 aliphatic carbocycles. The van der Waals surface area contributed by atoms with E-state index < -0.39 is 0 Å². The van der Waals surface area contributed by atoms with Gasteiger partial charge in [-0.15, -0.1) is 0 Å². The van der Waals surface area contributed by atoms with Gasteiger partial charge in [-0.25, -0.2) is 4.98 Å². The zero-order chi connectivity index (χ0) is 13.9. The standard InChI is InChI=1S/C15H25N3OS/c1-11(2)10-18-7-4-12(5-8-18)19-15-17-13-3-6-16-9-14(13)20-15/h11-12,16H,3-10H2,1-2H3. The number of rotatable bonds is 4. The molecule has 5 heteroatoms.